The van der Waals surface area contributed by atoms with Crippen molar-refractivity contribution in [3.8, 4) is 0 Å². The van der Waals surface area contributed by atoms with Gasteiger partial charge in [0.25, 0.3) is 0 Å². The molecule has 1 rings (SSSR count). The Hall–Kier alpha value is -1.03. The Labute approximate surface area is 125 Å². The maximum atomic E-state index is 13.6. The summed E-state index contributed by atoms with van der Waals surface area (Å²) in [4.78, 5) is 0. The molecule has 0 heterocycles. The van der Waals surface area contributed by atoms with Crippen molar-refractivity contribution in [1.29, 1.82) is 0 Å². The Morgan fingerprint density at radius 3 is 2.14 bits per heavy atom. The molecule has 1 aromatic carbocycles. The highest BCUT2D eigenvalue weighted by Crippen LogP contribution is 2.28. The quantitative estimate of drug-likeness (QED) is 0.686. The molecule has 0 saturated carbocycles. The molecule has 4 heteroatoms. The molecule has 0 aromatic heterocycles. The van der Waals surface area contributed by atoms with Crippen LogP contribution in [0.3, 0.4) is 0 Å². The van der Waals surface area contributed by atoms with Gasteiger partial charge in [0.1, 0.15) is 17.5 Å². The molecule has 0 aliphatic heterocycles. The van der Waals surface area contributed by atoms with E-state index in [0.717, 1.165) is 31.6 Å². The van der Waals surface area contributed by atoms with Gasteiger partial charge in [-0.15, -0.1) is 0 Å². The van der Waals surface area contributed by atoms with Gasteiger partial charge >= 0.3 is 0 Å². The predicted octanol–water partition coefficient (Wildman–Crippen LogP) is 4.70. The number of halogens is 3. The lowest BCUT2D eigenvalue weighted by Gasteiger charge is -2.25. The number of hydrogen-bond acceptors (Lipinski definition) is 1. The van der Waals surface area contributed by atoms with Crippen LogP contribution in [0.4, 0.5) is 13.2 Å². The highest BCUT2D eigenvalue weighted by atomic mass is 19.1. The van der Waals surface area contributed by atoms with Crippen LogP contribution in [0, 0.1) is 28.8 Å². The zero-order chi connectivity index (χ0) is 16.0. The topological polar surface area (TPSA) is 12.0 Å². The van der Waals surface area contributed by atoms with Crippen molar-refractivity contribution in [2.75, 3.05) is 13.1 Å². The van der Waals surface area contributed by atoms with E-state index in [4.69, 9.17) is 0 Å². The van der Waals surface area contributed by atoms with E-state index in [1.807, 2.05) is 0 Å². The SMILES string of the molecule is CC(C)CNCCC(C)(C)CCc1c(F)cc(F)cc1F. The predicted molar refractivity (Wildman–Crippen MR) is 80.7 cm³/mol. The fraction of sp³-hybridized carbons (Fsp3) is 0.647. The van der Waals surface area contributed by atoms with E-state index in [9.17, 15) is 13.2 Å². The number of rotatable bonds is 8. The Balaban J connectivity index is 2.49. The monoisotopic (exact) mass is 301 g/mol. The molecule has 0 unspecified atom stereocenters. The lowest BCUT2D eigenvalue weighted by Crippen LogP contribution is -2.26. The summed E-state index contributed by atoms with van der Waals surface area (Å²) in [6.07, 6.45) is 1.88. The van der Waals surface area contributed by atoms with Crippen LogP contribution in [0.1, 0.15) is 46.1 Å². The fourth-order valence-corrected chi connectivity index (χ4v) is 2.22. The van der Waals surface area contributed by atoms with Gasteiger partial charge in [0.05, 0.1) is 0 Å². The Kier molecular flexibility index (Phi) is 6.72. The number of hydrogen-bond donors (Lipinski definition) is 1. The molecule has 1 N–H and O–H groups in total. The van der Waals surface area contributed by atoms with Crippen molar-refractivity contribution in [2.45, 2.75) is 47.0 Å². The second-order valence-corrected chi connectivity index (χ2v) is 6.86. The summed E-state index contributed by atoms with van der Waals surface area (Å²) in [6, 6.07) is 1.49. The lowest BCUT2D eigenvalue weighted by molar-refractivity contribution is 0.297. The van der Waals surface area contributed by atoms with Gasteiger partial charge in [0.2, 0.25) is 0 Å². The first-order valence-electron chi connectivity index (χ1n) is 7.55. The maximum Gasteiger partial charge on any atom is 0.132 e. The highest BCUT2D eigenvalue weighted by molar-refractivity contribution is 5.21. The maximum absolute atomic E-state index is 13.6. The third-order valence-electron chi connectivity index (χ3n) is 3.69. The molecule has 120 valence electrons. The molecule has 21 heavy (non-hydrogen) atoms. The fourth-order valence-electron chi connectivity index (χ4n) is 2.22. The van der Waals surface area contributed by atoms with Crippen LogP contribution in [-0.2, 0) is 6.42 Å². The van der Waals surface area contributed by atoms with Gasteiger partial charge in [-0.1, -0.05) is 27.7 Å². The van der Waals surface area contributed by atoms with E-state index < -0.39 is 17.5 Å². The van der Waals surface area contributed by atoms with Gasteiger partial charge in [0, 0.05) is 17.7 Å². The second kappa shape index (κ2) is 7.83. The molecule has 0 spiro atoms. The molecule has 0 aliphatic carbocycles. The molecule has 0 atom stereocenters. The van der Waals surface area contributed by atoms with Gasteiger partial charge < -0.3 is 5.32 Å². The molecule has 0 amide bonds. The van der Waals surface area contributed by atoms with Crippen molar-refractivity contribution in [3.05, 3.63) is 35.1 Å². The highest BCUT2D eigenvalue weighted by Gasteiger charge is 2.20. The average molecular weight is 301 g/mol. The van der Waals surface area contributed by atoms with Crippen molar-refractivity contribution in [2.24, 2.45) is 11.3 Å². The van der Waals surface area contributed by atoms with Gasteiger partial charge in [0.15, 0.2) is 0 Å². The van der Waals surface area contributed by atoms with E-state index in [1.165, 1.54) is 0 Å². The van der Waals surface area contributed by atoms with Gasteiger partial charge in [-0.2, -0.15) is 0 Å². The van der Waals surface area contributed by atoms with Crippen LogP contribution in [0.25, 0.3) is 0 Å². The molecular weight excluding hydrogens is 275 g/mol. The largest absolute Gasteiger partial charge is 0.316 e. The van der Waals surface area contributed by atoms with Gasteiger partial charge in [-0.05, 0) is 43.7 Å². The van der Waals surface area contributed by atoms with Crippen LogP contribution in [0.15, 0.2) is 12.1 Å². The van der Waals surface area contributed by atoms with Crippen molar-refractivity contribution >= 4 is 0 Å². The summed E-state index contributed by atoms with van der Waals surface area (Å²) in [5.74, 6) is -1.84. The third kappa shape index (κ3) is 6.51. The average Bonchev–Trinajstić information content (AvgIpc) is 2.33. The molecule has 1 nitrogen and oxygen atoms in total. The van der Waals surface area contributed by atoms with Crippen molar-refractivity contribution < 1.29 is 13.2 Å². The standard InChI is InChI=1S/C17H26F3N/c1-12(2)11-21-8-7-17(3,4)6-5-14-15(19)9-13(18)10-16(14)20/h9-10,12,21H,5-8,11H2,1-4H3. The van der Waals surface area contributed by atoms with Crippen LogP contribution in [0.2, 0.25) is 0 Å². The minimum absolute atomic E-state index is 0.0142. The van der Waals surface area contributed by atoms with Crippen LogP contribution < -0.4 is 5.32 Å². The summed E-state index contributed by atoms with van der Waals surface area (Å²) >= 11 is 0. The molecular formula is C17H26F3N. The van der Waals surface area contributed by atoms with Crippen molar-refractivity contribution in [1.82, 2.24) is 5.32 Å². The summed E-state index contributed by atoms with van der Waals surface area (Å²) in [6.45, 7) is 10.3. The summed E-state index contributed by atoms with van der Waals surface area (Å²) in [5.41, 5.74) is -0.0309. The normalized spacial score (nSPS) is 12.2. The minimum Gasteiger partial charge on any atom is -0.316 e. The van der Waals surface area contributed by atoms with E-state index in [1.54, 1.807) is 0 Å². The Morgan fingerprint density at radius 1 is 1.05 bits per heavy atom. The van der Waals surface area contributed by atoms with Crippen LogP contribution >= 0.6 is 0 Å². The van der Waals surface area contributed by atoms with E-state index in [0.29, 0.717) is 12.3 Å². The molecule has 0 bridgehead atoms. The van der Waals surface area contributed by atoms with E-state index >= 15 is 0 Å². The second-order valence-electron chi connectivity index (χ2n) is 6.86. The van der Waals surface area contributed by atoms with Gasteiger partial charge in [-0.25, -0.2) is 13.2 Å². The zero-order valence-electron chi connectivity index (χ0n) is 13.4. The first-order chi connectivity index (χ1) is 9.71. The smallest absolute Gasteiger partial charge is 0.132 e. The molecule has 0 radical (unpaired) electrons. The molecule has 0 fully saturated rings. The summed E-state index contributed by atoms with van der Waals surface area (Å²) in [5, 5.41) is 3.37. The summed E-state index contributed by atoms with van der Waals surface area (Å²) in [7, 11) is 0. The summed E-state index contributed by atoms with van der Waals surface area (Å²) < 4.78 is 40.0. The van der Waals surface area contributed by atoms with Crippen molar-refractivity contribution in [3.63, 3.8) is 0 Å². The lowest BCUT2D eigenvalue weighted by atomic mass is 9.83. The first-order valence-corrected chi connectivity index (χ1v) is 7.55. The molecule has 1 aromatic rings. The third-order valence-corrected chi connectivity index (χ3v) is 3.69. The van der Waals surface area contributed by atoms with E-state index in [2.05, 4.69) is 33.0 Å². The van der Waals surface area contributed by atoms with Gasteiger partial charge in [-0.3, -0.25) is 0 Å². The first kappa shape index (κ1) is 18.0. The number of benzene rings is 1. The van der Waals surface area contributed by atoms with Crippen LogP contribution in [-0.4, -0.2) is 13.1 Å². The Morgan fingerprint density at radius 2 is 1.62 bits per heavy atom. The van der Waals surface area contributed by atoms with E-state index in [-0.39, 0.29) is 17.4 Å². The number of nitrogens with one attached hydrogen (secondary N) is 1. The molecule has 0 saturated heterocycles. The Bertz CT molecular complexity index is 432. The molecule has 0 aliphatic rings. The zero-order valence-corrected chi connectivity index (χ0v) is 13.4. The minimum atomic E-state index is -0.870. The van der Waals surface area contributed by atoms with Crippen LogP contribution in [0.5, 0.6) is 0 Å².